The molecule has 0 amide bonds. The van der Waals surface area contributed by atoms with Crippen LogP contribution >= 0.6 is 11.6 Å². The second kappa shape index (κ2) is 4.76. The second-order valence-electron chi connectivity index (χ2n) is 6.33. The van der Waals surface area contributed by atoms with E-state index in [9.17, 15) is 0 Å². The van der Waals surface area contributed by atoms with Crippen LogP contribution in [-0.2, 0) is 25.4 Å². The van der Waals surface area contributed by atoms with Crippen molar-refractivity contribution in [1.82, 2.24) is 19.3 Å². The van der Waals surface area contributed by atoms with Crippen LogP contribution in [0.5, 0.6) is 0 Å². The minimum Gasteiger partial charge on any atom is -0.307 e. The van der Waals surface area contributed by atoms with Gasteiger partial charge in [-0.3, -0.25) is 4.68 Å². The SMILES string of the molecule is CCc1nn(C)c2c1nc(CCCl)n2C(C)(C)C1CC1. The molecule has 1 aliphatic carbocycles. The molecule has 110 valence electrons. The summed E-state index contributed by atoms with van der Waals surface area (Å²) in [6.45, 7) is 6.78. The quantitative estimate of drug-likeness (QED) is 0.794. The van der Waals surface area contributed by atoms with Gasteiger partial charge in [-0.05, 0) is 39.0 Å². The monoisotopic (exact) mass is 294 g/mol. The lowest BCUT2D eigenvalue weighted by Crippen LogP contribution is -2.31. The minimum atomic E-state index is 0.0922. The molecule has 0 atom stereocenters. The third-order valence-electron chi connectivity index (χ3n) is 4.58. The van der Waals surface area contributed by atoms with Crippen LogP contribution in [0.15, 0.2) is 0 Å². The van der Waals surface area contributed by atoms with E-state index in [1.165, 1.54) is 12.8 Å². The first kappa shape index (κ1) is 13.9. The first-order valence-corrected chi connectivity index (χ1v) is 8.03. The predicted molar refractivity (Wildman–Crippen MR) is 82.3 cm³/mol. The average Bonchev–Trinajstić information content (AvgIpc) is 3.13. The molecule has 4 nitrogen and oxygen atoms in total. The Labute approximate surface area is 125 Å². The Hall–Kier alpha value is -1.03. The number of hydrogen-bond acceptors (Lipinski definition) is 2. The summed E-state index contributed by atoms with van der Waals surface area (Å²) in [4.78, 5) is 4.87. The third-order valence-corrected chi connectivity index (χ3v) is 4.77. The smallest absolute Gasteiger partial charge is 0.159 e. The number of alkyl halides is 1. The molecule has 0 saturated heterocycles. The maximum absolute atomic E-state index is 5.99. The van der Waals surface area contributed by atoms with E-state index in [1.54, 1.807) is 0 Å². The Morgan fingerprint density at radius 3 is 2.60 bits per heavy atom. The third kappa shape index (κ3) is 1.96. The summed E-state index contributed by atoms with van der Waals surface area (Å²) >= 11 is 5.99. The van der Waals surface area contributed by atoms with Gasteiger partial charge in [-0.25, -0.2) is 4.98 Å². The summed E-state index contributed by atoms with van der Waals surface area (Å²) in [6, 6.07) is 0. The molecule has 20 heavy (non-hydrogen) atoms. The van der Waals surface area contributed by atoms with Crippen LogP contribution in [0, 0.1) is 5.92 Å². The van der Waals surface area contributed by atoms with Crippen molar-refractivity contribution in [2.75, 3.05) is 5.88 Å². The molecule has 0 aromatic carbocycles. The van der Waals surface area contributed by atoms with Crippen LogP contribution in [0.2, 0.25) is 0 Å². The summed E-state index contributed by atoms with van der Waals surface area (Å²) in [5.41, 5.74) is 3.39. The van der Waals surface area contributed by atoms with Gasteiger partial charge in [-0.15, -0.1) is 11.6 Å². The molecule has 2 aromatic heterocycles. The minimum absolute atomic E-state index is 0.0922. The standard InChI is InChI=1S/C15H23ClN4/c1-5-11-13-14(19(4)18-11)20(12(17-13)8-9-16)15(2,3)10-6-7-10/h10H,5-9H2,1-4H3. The van der Waals surface area contributed by atoms with Gasteiger partial charge in [0, 0.05) is 24.9 Å². The van der Waals surface area contributed by atoms with Crippen molar-refractivity contribution < 1.29 is 0 Å². The fourth-order valence-corrected chi connectivity index (χ4v) is 3.46. The van der Waals surface area contributed by atoms with Gasteiger partial charge < -0.3 is 4.57 Å². The zero-order valence-corrected chi connectivity index (χ0v) is 13.5. The number of aryl methyl sites for hydroxylation is 3. The van der Waals surface area contributed by atoms with Gasteiger partial charge in [0.2, 0.25) is 0 Å². The summed E-state index contributed by atoms with van der Waals surface area (Å²) in [5.74, 6) is 2.46. The summed E-state index contributed by atoms with van der Waals surface area (Å²) in [6.07, 6.45) is 4.35. The first-order chi connectivity index (χ1) is 9.50. The molecular formula is C15H23ClN4. The van der Waals surface area contributed by atoms with Crippen LogP contribution in [0.4, 0.5) is 0 Å². The Bertz CT molecular complexity index is 634. The van der Waals surface area contributed by atoms with Crippen molar-refractivity contribution in [3.63, 3.8) is 0 Å². The van der Waals surface area contributed by atoms with Gasteiger partial charge in [-0.2, -0.15) is 5.10 Å². The van der Waals surface area contributed by atoms with Crippen molar-refractivity contribution in [3.8, 4) is 0 Å². The van der Waals surface area contributed by atoms with E-state index in [2.05, 4.69) is 30.4 Å². The van der Waals surface area contributed by atoms with Gasteiger partial charge in [-0.1, -0.05) is 6.92 Å². The zero-order valence-electron chi connectivity index (χ0n) is 12.8. The van der Waals surface area contributed by atoms with Crippen LogP contribution in [0.25, 0.3) is 11.2 Å². The molecule has 3 rings (SSSR count). The zero-order chi connectivity index (χ0) is 14.5. The normalized spacial score (nSPS) is 16.2. The van der Waals surface area contributed by atoms with Crippen molar-refractivity contribution in [1.29, 1.82) is 0 Å². The maximum Gasteiger partial charge on any atom is 0.159 e. The Balaban J connectivity index is 2.25. The highest BCUT2D eigenvalue weighted by atomic mass is 35.5. The van der Waals surface area contributed by atoms with Crippen molar-refractivity contribution in [2.45, 2.75) is 52.0 Å². The van der Waals surface area contributed by atoms with Crippen LogP contribution in [0.3, 0.4) is 0 Å². The molecule has 0 radical (unpaired) electrons. The lowest BCUT2D eigenvalue weighted by atomic mass is 9.98. The van der Waals surface area contributed by atoms with E-state index in [0.29, 0.717) is 5.88 Å². The van der Waals surface area contributed by atoms with Gasteiger partial charge in [0.25, 0.3) is 0 Å². The molecule has 0 aliphatic heterocycles. The van der Waals surface area contributed by atoms with E-state index in [1.807, 2.05) is 11.7 Å². The molecule has 2 heterocycles. The highest BCUT2D eigenvalue weighted by Gasteiger charge is 2.41. The maximum atomic E-state index is 5.99. The van der Waals surface area contributed by atoms with Gasteiger partial charge in [0.05, 0.1) is 5.69 Å². The van der Waals surface area contributed by atoms with E-state index >= 15 is 0 Å². The lowest BCUT2D eigenvalue weighted by Gasteiger charge is -2.29. The first-order valence-electron chi connectivity index (χ1n) is 7.50. The molecule has 1 fully saturated rings. The molecule has 1 aliphatic rings. The Kier molecular flexibility index (Phi) is 3.32. The molecule has 0 spiro atoms. The molecule has 2 aromatic rings. The summed E-state index contributed by atoms with van der Waals surface area (Å²) in [7, 11) is 2.02. The van der Waals surface area contributed by atoms with Crippen molar-refractivity contribution >= 4 is 22.8 Å². The summed E-state index contributed by atoms with van der Waals surface area (Å²) < 4.78 is 4.39. The lowest BCUT2D eigenvalue weighted by molar-refractivity contribution is 0.301. The highest BCUT2D eigenvalue weighted by Crippen LogP contribution is 2.45. The number of hydrogen-bond donors (Lipinski definition) is 0. The predicted octanol–water partition coefficient (Wildman–Crippen LogP) is 3.26. The van der Waals surface area contributed by atoms with Gasteiger partial charge >= 0.3 is 0 Å². The van der Waals surface area contributed by atoms with Crippen molar-refractivity contribution in [3.05, 3.63) is 11.5 Å². The van der Waals surface area contributed by atoms with Crippen LogP contribution in [0.1, 0.15) is 45.1 Å². The largest absolute Gasteiger partial charge is 0.307 e. The molecule has 1 saturated carbocycles. The average molecular weight is 295 g/mol. The molecular weight excluding hydrogens is 272 g/mol. The summed E-state index contributed by atoms with van der Waals surface area (Å²) in [5, 5.41) is 4.62. The number of nitrogens with zero attached hydrogens (tertiary/aromatic N) is 4. The second-order valence-corrected chi connectivity index (χ2v) is 6.70. The molecule has 5 heteroatoms. The van der Waals surface area contributed by atoms with E-state index in [-0.39, 0.29) is 5.54 Å². The Morgan fingerprint density at radius 1 is 1.35 bits per heavy atom. The van der Waals surface area contributed by atoms with Crippen LogP contribution < -0.4 is 0 Å². The van der Waals surface area contributed by atoms with Gasteiger partial charge in [0.15, 0.2) is 5.65 Å². The highest BCUT2D eigenvalue weighted by molar-refractivity contribution is 6.17. The van der Waals surface area contributed by atoms with Crippen molar-refractivity contribution in [2.24, 2.45) is 13.0 Å². The fraction of sp³-hybridized carbons (Fsp3) is 0.733. The Morgan fingerprint density at radius 2 is 2.05 bits per heavy atom. The van der Waals surface area contributed by atoms with Crippen LogP contribution in [-0.4, -0.2) is 25.2 Å². The van der Waals surface area contributed by atoms with Gasteiger partial charge in [0.1, 0.15) is 11.3 Å². The fourth-order valence-electron chi connectivity index (χ4n) is 3.29. The molecule has 0 unspecified atom stereocenters. The number of rotatable bonds is 5. The number of fused-ring (bicyclic) bond motifs is 1. The molecule has 0 bridgehead atoms. The number of halogens is 1. The van der Waals surface area contributed by atoms with E-state index in [0.717, 1.165) is 41.4 Å². The molecule has 0 N–H and O–H groups in total. The van der Waals surface area contributed by atoms with E-state index in [4.69, 9.17) is 16.6 Å². The number of aromatic nitrogens is 4. The number of imidazole rings is 1. The van der Waals surface area contributed by atoms with E-state index < -0.39 is 0 Å². The topological polar surface area (TPSA) is 35.6 Å².